The summed E-state index contributed by atoms with van der Waals surface area (Å²) < 4.78 is 0. The Balaban J connectivity index is 1.51. The van der Waals surface area contributed by atoms with Crippen LogP contribution in [-0.4, -0.2) is 40.8 Å². The molecule has 2 aliphatic rings. The first-order valence-corrected chi connectivity index (χ1v) is 9.67. The van der Waals surface area contributed by atoms with E-state index in [9.17, 15) is 14.4 Å². The van der Waals surface area contributed by atoms with Crippen molar-refractivity contribution in [2.24, 2.45) is 0 Å². The van der Waals surface area contributed by atoms with Gasteiger partial charge in [-0.05, 0) is 37.3 Å². The number of thioether (sulfide) groups is 1. The van der Waals surface area contributed by atoms with Gasteiger partial charge in [0.2, 0.25) is 5.91 Å². The highest BCUT2D eigenvalue weighted by Crippen LogP contribution is 2.28. The van der Waals surface area contributed by atoms with Gasteiger partial charge >= 0.3 is 0 Å². The highest BCUT2D eigenvalue weighted by Gasteiger charge is 2.23. The third-order valence-corrected chi connectivity index (χ3v) is 6.13. The topological polar surface area (TPSA) is 78.5 Å². The van der Waals surface area contributed by atoms with Crippen molar-refractivity contribution < 1.29 is 14.4 Å². The molecule has 8 heteroatoms. The van der Waals surface area contributed by atoms with Crippen molar-refractivity contribution in [1.82, 2.24) is 15.8 Å². The largest absolute Gasteiger partial charge is 0.323 e. The second kappa shape index (κ2) is 7.35. The van der Waals surface area contributed by atoms with Gasteiger partial charge < -0.3 is 4.90 Å². The molecule has 1 aliphatic carbocycles. The Morgan fingerprint density at radius 2 is 2.00 bits per heavy atom. The van der Waals surface area contributed by atoms with Crippen molar-refractivity contribution in [2.45, 2.75) is 32.1 Å². The molecule has 23 heavy (non-hydrogen) atoms. The molecule has 1 aromatic rings. The van der Waals surface area contributed by atoms with Crippen LogP contribution in [-0.2, 0) is 22.4 Å². The summed E-state index contributed by atoms with van der Waals surface area (Å²) in [5, 5.41) is 0. The highest BCUT2D eigenvalue weighted by molar-refractivity contribution is 8.00. The maximum atomic E-state index is 12.2. The molecule has 1 fully saturated rings. The lowest BCUT2D eigenvalue weighted by atomic mass is 10.1. The van der Waals surface area contributed by atoms with Crippen molar-refractivity contribution in [1.29, 1.82) is 0 Å². The summed E-state index contributed by atoms with van der Waals surface area (Å²) in [5.41, 5.74) is 6.09. The van der Waals surface area contributed by atoms with E-state index in [1.165, 1.54) is 57.7 Å². The maximum absolute atomic E-state index is 12.2. The van der Waals surface area contributed by atoms with E-state index < -0.39 is 0 Å². The molecule has 0 spiro atoms. The number of carbonyl (C=O) groups excluding carboxylic acids is 3. The van der Waals surface area contributed by atoms with Crippen LogP contribution in [0.1, 0.15) is 39.4 Å². The zero-order valence-electron chi connectivity index (χ0n) is 12.7. The van der Waals surface area contributed by atoms with Crippen LogP contribution in [0.15, 0.2) is 6.07 Å². The minimum Gasteiger partial charge on any atom is -0.323 e. The standard InChI is InChI=1S/C15H19N3O3S2/c19-13(7-18-9-22-8-14(18)20)16-17-15(21)12-6-10-4-2-1-3-5-11(10)23-12/h6H,1-5,7-9H2,(H,16,19)(H,17,21). The Kier molecular flexibility index (Phi) is 5.22. The van der Waals surface area contributed by atoms with E-state index >= 15 is 0 Å². The third kappa shape index (κ3) is 4.06. The van der Waals surface area contributed by atoms with E-state index in [1.807, 2.05) is 6.07 Å². The minimum absolute atomic E-state index is 0.0208. The van der Waals surface area contributed by atoms with Gasteiger partial charge in [-0.1, -0.05) is 6.42 Å². The van der Waals surface area contributed by atoms with Crippen molar-refractivity contribution in [3.05, 3.63) is 21.4 Å². The smallest absolute Gasteiger partial charge is 0.279 e. The molecule has 1 saturated heterocycles. The Morgan fingerprint density at radius 1 is 1.17 bits per heavy atom. The normalized spacial score (nSPS) is 17.6. The Labute approximate surface area is 143 Å². The first-order valence-electron chi connectivity index (χ1n) is 7.70. The fraction of sp³-hybridized carbons (Fsp3) is 0.533. The van der Waals surface area contributed by atoms with Crippen LogP contribution in [0.5, 0.6) is 0 Å². The van der Waals surface area contributed by atoms with Crippen molar-refractivity contribution >= 4 is 40.8 Å². The lowest BCUT2D eigenvalue weighted by Gasteiger charge is -2.14. The van der Waals surface area contributed by atoms with Crippen LogP contribution in [0.2, 0.25) is 0 Å². The number of hydrogen-bond donors (Lipinski definition) is 2. The summed E-state index contributed by atoms with van der Waals surface area (Å²) in [5.74, 6) is 0.224. The molecule has 1 aliphatic heterocycles. The van der Waals surface area contributed by atoms with Crippen LogP contribution in [0.4, 0.5) is 0 Å². The maximum Gasteiger partial charge on any atom is 0.279 e. The molecule has 3 amide bonds. The van der Waals surface area contributed by atoms with Crippen LogP contribution in [0.25, 0.3) is 0 Å². The Hall–Kier alpha value is -1.54. The fourth-order valence-electron chi connectivity index (χ4n) is 2.72. The SMILES string of the molecule is O=C(CN1CSCC1=O)NNC(=O)c1cc2c(s1)CCCCC2. The van der Waals surface area contributed by atoms with Gasteiger partial charge in [-0.25, -0.2) is 0 Å². The molecular formula is C15H19N3O3S2. The van der Waals surface area contributed by atoms with E-state index in [4.69, 9.17) is 0 Å². The molecule has 0 bridgehead atoms. The molecule has 3 rings (SSSR count). The molecule has 2 N–H and O–H groups in total. The van der Waals surface area contributed by atoms with Crippen LogP contribution in [0, 0.1) is 0 Å². The second-order valence-corrected chi connectivity index (χ2v) is 7.78. The van der Waals surface area contributed by atoms with E-state index in [0.717, 1.165) is 12.8 Å². The molecule has 6 nitrogen and oxygen atoms in total. The lowest BCUT2D eigenvalue weighted by molar-refractivity contribution is -0.132. The number of carbonyl (C=O) groups is 3. The zero-order valence-corrected chi connectivity index (χ0v) is 14.4. The number of fused-ring (bicyclic) bond motifs is 1. The molecule has 0 saturated carbocycles. The number of aryl methyl sites for hydroxylation is 2. The predicted molar refractivity (Wildman–Crippen MR) is 90.2 cm³/mol. The third-order valence-electron chi connectivity index (χ3n) is 3.95. The summed E-state index contributed by atoms with van der Waals surface area (Å²) in [6, 6.07) is 1.94. The predicted octanol–water partition coefficient (Wildman–Crippen LogP) is 1.31. The lowest BCUT2D eigenvalue weighted by Crippen LogP contribution is -2.46. The molecule has 0 unspecified atom stereocenters. The number of rotatable bonds is 3. The van der Waals surface area contributed by atoms with Crippen molar-refractivity contribution in [3.63, 3.8) is 0 Å². The van der Waals surface area contributed by atoms with E-state index in [-0.39, 0.29) is 24.3 Å². The summed E-state index contributed by atoms with van der Waals surface area (Å²) in [4.78, 5) is 38.8. The molecule has 0 atom stereocenters. The Bertz CT molecular complexity index is 606. The van der Waals surface area contributed by atoms with Gasteiger partial charge in [-0.3, -0.25) is 25.2 Å². The van der Waals surface area contributed by atoms with E-state index in [1.54, 1.807) is 0 Å². The van der Waals surface area contributed by atoms with E-state index in [0.29, 0.717) is 16.5 Å². The number of hydrazine groups is 1. The van der Waals surface area contributed by atoms with Gasteiger partial charge in [0.25, 0.3) is 11.8 Å². The summed E-state index contributed by atoms with van der Waals surface area (Å²) in [6.45, 7) is -0.0208. The van der Waals surface area contributed by atoms with E-state index in [2.05, 4.69) is 10.9 Å². The Morgan fingerprint density at radius 3 is 2.78 bits per heavy atom. The van der Waals surface area contributed by atoms with Crippen LogP contribution in [0.3, 0.4) is 0 Å². The zero-order chi connectivity index (χ0) is 16.2. The number of amides is 3. The average Bonchev–Trinajstić information content (AvgIpc) is 3.06. The minimum atomic E-state index is -0.382. The number of hydrogen-bond acceptors (Lipinski definition) is 5. The molecule has 124 valence electrons. The summed E-state index contributed by atoms with van der Waals surface area (Å²) >= 11 is 2.99. The monoisotopic (exact) mass is 353 g/mol. The summed E-state index contributed by atoms with van der Waals surface area (Å²) in [6.07, 6.45) is 5.65. The second-order valence-electron chi connectivity index (χ2n) is 5.69. The van der Waals surface area contributed by atoms with Gasteiger partial charge in [-0.2, -0.15) is 0 Å². The van der Waals surface area contributed by atoms with Gasteiger partial charge in [-0.15, -0.1) is 23.1 Å². The van der Waals surface area contributed by atoms with Crippen molar-refractivity contribution in [3.8, 4) is 0 Å². The molecule has 1 aromatic heterocycles. The highest BCUT2D eigenvalue weighted by atomic mass is 32.2. The average molecular weight is 353 g/mol. The van der Waals surface area contributed by atoms with Crippen molar-refractivity contribution in [2.75, 3.05) is 18.2 Å². The number of thiophene rings is 1. The first kappa shape index (κ1) is 16.3. The van der Waals surface area contributed by atoms with Gasteiger partial charge in [0, 0.05) is 4.88 Å². The molecular weight excluding hydrogens is 334 g/mol. The fourth-order valence-corrected chi connectivity index (χ4v) is 4.77. The van der Waals surface area contributed by atoms with Crippen LogP contribution >= 0.6 is 23.1 Å². The molecule has 0 radical (unpaired) electrons. The van der Waals surface area contributed by atoms with Gasteiger partial charge in [0.1, 0.15) is 6.54 Å². The number of nitrogens with one attached hydrogen (secondary N) is 2. The summed E-state index contributed by atoms with van der Waals surface area (Å²) in [7, 11) is 0. The quantitative estimate of drug-likeness (QED) is 0.634. The van der Waals surface area contributed by atoms with Gasteiger partial charge in [0.05, 0.1) is 16.5 Å². The van der Waals surface area contributed by atoms with Crippen LogP contribution < -0.4 is 10.9 Å². The molecule has 2 heterocycles. The van der Waals surface area contributed by atoms with Gasteiger partial charge in [0.15, 0.2) is 0 Å². The molecule has 0 aromatic carbocycles. The number of nitrogens with zero attached hydrogens (tertiary/aromatic N) is 1. The first-order chi connectivity index (χ1) is 11.1.